The Hall–Kier alpha value is -1.34. The van der Waals surface area contributed by atoms with E-state index in [2.05, 4.69) is 25.5 Å². The molecule has 18 heavy (non-hydrogen) atoms. The normalized spacial score (nSPS) is 10.6. The number of nitrogens with zero attached hydrogens (tertiary/aromatic N) is 5. The molecule has 0 fully saturated rings. The zero-order valence-corrected chi connectivity index (χ0v) is 11.7. The zero-order chi connectivity index (χ0) is 13.0. The lowest BCUT2D eigenvalue weighted by molar-refractivity contribution is 0.786. The highest BCUT2D eigenvalue weighted by Gasteiger charge is 2.03. The van der Waals surface area contributed by atoms with Crippen molar-refractivity contribution < 1.29 is 0 Å². The number of nitrogens with one attached hydrogen (secondary N) is 1. The van der Waals surface area contributed by atoms with Crippen LogP contribution in [0.1, 0.15) is 5.82 Å². The molecule has 96 valence electrons. The Morgan fingerprint density at radius 2 is 2.28 bits per heavy atom. The van der Waals surface area contributed by atoms with Crippen LogP contribution >= 0.6 is 23.4 Å². The Balaban J connectivity index is 1.94. The molecule has 0 radical (unpaired) electrons. The second kappa shape index (κ2) is 6.01. The van der Waals surface area contributed by atoms with E-state index in [1.165, 1.54) is 11.8 Å². The number of aryl methyl sites for hydroxylation is 1. The molecule has 0 amide bonds. The molecule has 0 atom stereocenters. The van der Waals surface area contributed by atoms with Gasteiger partial charge >= 0.3 is 0 Å². The van der Waals surface area contributed by atoms with Crippen LogP contribution in [0.2, 0.25) is 5.15 Å². The van der Waals surface area contributed by atoms with Gasteiger partial charge in [0.25, 0.3) is 0 Å². The summed E-state index contributed by atoms with van der Waals surface area (Å²) in [5.41, 5.74) is 0. The van der Waals surface area contributed by atoms with Crippen molar-refractivity contribution in [3.05, 3.63) is 23.4 Å². The molecule has 0 aliphatic heterocycles. The van der Waals surface area contributed by atoms with Crippen LogP contribution in [0.15, 0.2) is 17.6 Å². The Morgan fingerprint density at radius 3 is 2.94 bits per heavy atom. The molecule has 2 heterocycles. The number of thioether (sulfide) groups is 1. The summed E-state index contributed by atoms with van der Waals surface area (Å²) in [6.45, 7) is 0.716. The van der Waals surface area contributed by atoms with Crippen molar-refractivity contribution in [2.75, 3.05) is 18.1 Å². The smallest absolute Gasteiger partial charge is 0.190 e. The SMILES string of the molecule is CSc1nc(Cl)cc(NCCc2nncn2C)n1. The molecular weight excluding hydrogens is 272 g/mol. The lowest BCUT2D eigenvalue weighted by Crippen LogP contribution is -2.10. The molecule has 6 nitrogen and oxygen atoms in total. The van der Waals surface area contributed by atoms with Gasteiger partial charge in [0, 0.05) is 26.1 Å². The van der Waals surface area contributed by atoms with E-state index in [-0.39, 0.29) is 0 Å². The minimum Gasteiger partial charge on any atom is -0.369 e. The van der Waals surface area contributed by atoms with Crippen molar-refractivity contribution in [1.82, 2.24) is 24.7 Å². The van der Waals surface area contributed by atoms with Crippen molar-refractivity contribution in [1.29, 1.82) is 0 Å². The van der Waals surface area contributed by atoms with E-state index in [9.17, 15) is 0 Å². The van der Waals surface area contributed by atoms with Crippen molar-refractivity contribution in [2.24, 2.45) is 7.05 Å². The van der Waals surface area contributed by atoms with E-state index >= 15 is 0 Å². The van der Waals surface area contributed by atoms with E-state index in [0.29, 0.717) is 16.9 Å². The van der Waals surface area contributed by atoms with Crippen molar-refractivity contribution in [2.45, 2.75) is 11.6 Å². The summed E-state index contributed by atoms with van der Waals surface area (Å²) in [5, 5.41) is 12.1. The third-order valence-electron chi connectivity index (χ3n) is 2.32. The summed E-state index contributed by atoms with van der Waals surface area (Å²) in [6.07, 6.45) is 4.37. The van der Waals surface area contributed by atoms with Gasteiger partial charge in [-0.1, -0.05) is 23.4 Å². The predicted octanol–water partition coefficient (Wildman–Crippen LogP) is 1.63. The van der Waals surface area contributed by atoms with Crippen LogP contribution in [0.4, 0.5) is 5.82 Å². The second-order valence-corrected chi connectivity index (χ2v) is 4.76. The van der Waals surface area contributed by atoms with Crippen LogP contribution < -0.4 is 5.32 Å². The average Bonchev–Trinajstić information content (AvgIpc) is 2.74. The Kier molecular flexibility index (Phi) is 4.38. The molecule has 2 aromatic rings. The maximum atomic E-state index is 5.90. The Labute approximate surface area is 114 Å². The first-order valence-corrected chi connectivity index (χ1v) is 6.94. The predicted molar refractivity (Wildman–Crippen MR) is 72.0 cm³/mol. The summed E-state index contributed by atoms with van der Waals surface area (Å²) < 4.78 is 1.89. The molecule has 0 saturated heterocycles. The lowest BCUT2D eigenvalue weighted by atomic mass is 10.4. The van der Waals surface area contributed by atoms with E-state index < -0.39 is 0 Å². The molecule has 0 saturated carbocycles. The number of hydrogen-bond acceptors (Lipinski definition) is 6. The maximum Gasteiger partial charge on any atom is 0.190 e. The molecule has 8 heteroatoms. The van der Waals surface area contributed by atoms with Gasteiger partial charge in [0.1, 0.15) is 23.1 Å². The molecular formula is C10H13ClN6S. The highest BCUT2D eigenvalue weighted by molar-refractivity contribution is 7.98. The maximum absolute atomic E-state index is 5.90. The number of halogens is 1. The first-order chi connectivity index (χ1) is 8.69. The fraction of sp³-hybridized carbons (Fsp3) is 0.400. The van der Waals surface area contributed by atoms with Crippen molar-refractivity contribution >= 4 is 29.2 Å². The first-order valence-electron chi connectivity index (χ1n) is 5.34. The van der Waals surface area contributed by atoms with Crippen LogP contribution in [0.25, 0.3) is 0 Å². The van der Waals surface area contributed by atoms with Crippen molar-refractivity contribution in [3.63, 3.8) is 0 Å². The molecule has 0 spiro atoms. The minimum absolute atomic E-state index is 0.440. The van der Waals surface area contributed by atoms with Crippen LogP contribution in [-0.4, -0.2) is 37.5 Å². The van der Waals surface area contributed by atoms with E-state index in [4.69, 9.17) is 11.6 Å². The molecule has 2 aromatic heterocycles. The van der Waals surface area contributed by atoms with Gasteiger partial charge in [-0.15, -0.1) is 10.2 Å². The first kappa shape index (κ1) is 13.1. The summed E-state index contributed by atoms with van der Waals surface area (Å²) >= 11 is 7.36. The standard InChI is InChI=1S/C10H13ClN6S/c1-17-6-13-16-9(17)3-4-12-8-5-7(11)14-10(15-8)18-2/h5-6H,3-4H2,1-2H3,(H,12,14,15). The van der Waals surface area contributed by atoms with Crippen LogP contribution in [-0.2, 0) is 13.5 Å². The number of hydrogen-bond donors (Lipinski definition) is 1. The third kappa shape index (κ3) is 3.33. The van der Waals surface area contributed by atoms with Crippen LogP contribution in [0, 0.1) is 0 Å². The van der Waals surface area contributed by atoms with Crippen LogP contribution in [0.5, 0.6) is 0 Å². The molecule has 0 bridgehead atoms. The zero-order valence-electron chi connectivity index (χ0n) is 10.1. The quantitative estimate of drug-likeness (QED) is 0.511. The van der Waals surface area contributed by atoms with E-state index in [0.717, 1.165) is 18.1 Å². The minimum atomic E-state index is 0.440. The summed E-state index contributed by atoms with van der Waals surface area (Å²) in [7, 11) is 1.92. The Bertz CT molecular complexity index is 529. The van der Waals surface area contributed by atoms with Gasteiger partial charge in [-0.25, -0.2) is 9.97 Å². The second-order valence-electron chi connectivity index (χ2n) is 3.60. The van der Waals surface area contributed by atoms with Gasteiger partial charge in [0.2, 0.25) is 0 Å². The average molecular weight is 285 g/mol. The topological polar surface area (TPSA) is 68.5 Å². The van der Waals surface area contributed by atoms with Gasteiger partial charge in [-0.05, 0) is 6.26 Å². The molecule has 0 aromatic carbocycles. The number of aromatic nitrogens is 5. The summed E-state index contributed by atoms with van der Waals surface area (Å²) in [6, 6.07) is 1.71. The van der Waals surface area contributed by atoms with Gasteiger partial charge in [-0.2, -0.15) is 0 Å². The van der Waals surface area contributed by atoms with Gasteiger partial charge in [-0.3, -0.25) is 0 Å². The summed E-state index contributed by atoms with van der Waals surface area (Å²) in [5.74, 6) is 1.65. The monoisotopic (exact) mass is 284 g/mol. The number of rotatable bonds is 5. The highest BCUT2D eigenvalue weighted by atomic mass is 35.5. The lowest BCUT2D eigenvalue weighted by Gasteiger charge is -2.06. The van der Waals surface area contributed by atoms with Gasteiger partial charge < -0.3 is 9.88 Å². The third-order valence-corrected chi connectivity index (χ3v) is 3.06. The Morgan fingerprint density at radius 1 is 1.44 bits per heavy atom. The number of anilines is 1. The largest absolute Gasteiger partial charge is 0.369 e. The van der Waals surface area contributed by atoms with Gasteiger partial charge in [0.05, 0.1) is 0 Å². The fourth-order valence-corrected chi connectivity index (χ4v) is 2.03. The molecule has 2 rings (SSSR count). The van der Waals surface area contributed by atoms with Crippen LogP contribution in [0.3, 0.4) is 0 Å². The molecule has 0 aliphatic carbocycles. The summed E-state index contributed by atoms with van der Waals surface area (Å²) in [4.78, 5) is 8.38. The molecule has 0 aliphatic rings. The van der Waals surface area contributed by atoms with Gasteiger partial charge in [0.15, 0.2) is 5.16 Å². The fourth-order valence-electron chi connectivity index (χ4n) is 1.41. The molecule has 0 unspecified atom stereocenters. The van der Waals surface area contributed by atoms with Crippen molar-refractivity contribution in [3.8, 4) is 0 Å². The molecule has 1 N–H and O–H groups in total. The van der Waals surface area contributed by atoms with E-state index in [1.54, 1.807) is 12.4 Å². The highest BCUT2D eigenvalue weighted by Crippen LogP contribution is 2.16. The van der Waals surface area contributed by atoms with E-state index in [1.807, 2.05) is 17.9 Å².